The summed E-state index contributed by atoms with van der Waals surface area (Å²) in [4.78, 5) is 36.6. The van der Waals surface area contributed by atoms with Crippen LogP contribution < -0.4 is 16.4 Å². The van der Waals surface area contributed by atoms with E-state index in [1.807, 2.05) is 30.3 Å². The van der Waals surface area contributed by atoms with E-state index in [4.69, 9.17) is 0 Å². The van der Waals surface area contributed by atoms with E-state index in [1.165, 1.54) is 21.5 Å². The van der Waals surface area contributed by atoms with Crippen molar-refractivity contribution in [3.8, 4) is 0 Å². The molecule has 29 heavy (non-hydrogen) atoms. The lowest BCUT2D eigenvalue weighted by atomic mass is 10.2. The van der Waals surface area contributed by atoms with Gasteiger partial charge in [0.25, 0.3) is 17.0 Å². The summed E-state index contributed by atoms with van der Waals surface area (Å²) in [6, 6.07) is 13.8. The molecule has 0 spiro atoms. The van der Waals surface area contributed by atoms with Crippen molar-refractivity contribution in [1.82, 2.24) is 24.9 Å². The first-order chi connectivity index (χ1) is 14.1. The molecule has 0 saturated carbocycles. The van der Waals surface area contributed by atoms with E-state index < -0.39 is 5.91 Å². The molecule has 0 radical (unpaired) electrons. The van der Waals surface area contributed by atoms with Crippen molar-refractivity contribution in [2.45, 2.75) is 32.4 Å². The SMILES string of the molecule is O=C(NCCn1nc2c(cc1=O)CCC2)c1ccc(=O)n(Cc2ccccc2)n1. The van der Waals surface area contributed by atoms with Crippen LogP contribution >= 0.6 is 0 Å². The zero-order chi connectivity index (χ0) is 20.2. The fourth-order valence-corrected chi connectivity index (χ4v) is 3.41. The summed E-state index contributed by atoms with van der Waals surface area (Å²) in [6.07, 6.45) is 2.81. The molecule has 148 valence electrons. The molecular weight excluding hydrogens is 370 g/mol. The fraction of sp³-hybridized carbons (Fsp3) is 0.286. The molecule has 1 aliphatic rings. The van der Waals surface area contributed by atoms with Gasteiger partial charge in [0.15, 0.2) is 0 Å². The van der Waals surface area contributed by atoms with E-state index in [2.05, 4.69) is 15.5 Å². The highest BCUT2D eigenvalue weighted by atomic mass is 16.2. The number of nitrogens with zero attached hydrogens (tertiary/aromatic N) is 4. The highest BCUT2D eigenvalue weighted by Crippen LogP contribution is 2.16. The maximum absolute atomic E-state index is 12.4. The Morgan fingerprint density at radius 2 is 1.79 bits per heavy atom. The minimum absolute atomic E-state index is 0.148. The molecule has 8 nitrogen and oxygen atoms in total. The van der Waals surface area contributed by atoms with Gasteiger partial charge in [-0.3, -0.25) is 14.4 Å². The summed E-state index contributed by atoms with van der Waals surface area (Å²) >= 11 is 0. The van der Waals surface area contributed by atoms with Gasteiger partial charge in [-0.15, -0.1) is 0 Å². The van der Waals surface area contributed by atoms with Crippen molar-refractivity contribution in [3.05, 3.63) is 91.8 Å². The molecule has 3 aromatic rings. The van der Waals surface area contributed by atoms with Crippen molar-refractivity contribution in [2.24, 2.45) is 0 Å². The molecule has 0 bridgehead atoms. The highest BCUT2D eigenvalue weighted by molar-refractivity contribution is 5.91. The van der Waals surface area contributed by atoms with Crippen molar-refractivity contribution < 1.29 is 4.79 Å². The molecule has 8 heteroatoms. The van der Waals surface area contributed by atoms with Gasteiger partial charge < -0.3 is 5.32 Å². The van der Waals surface area contributed by atoms with Gasteiger partial charge in [0.1, 0.15) is 5.69 Å². The third-order valence-electron chi connectivity index (χ3n) is 4.91. The molecule has 1 N–H and O–H groups in total. The van der Waals surface area contributed by atoms with Crippen LogP contribution in [0.3, 0.4) is 0 Å². The van der Waals surface area contributed by atoms with Gasteiger partial charge in [0.2, 0.25) is 0 Å². The first kappa shape index (κ1) is 18.8. The summed E-state index contributed by atoms with van der Waals surface area (Å²) < 4.78 is 2.64. The molecule has 4 rings (SSSR count). The molecule has 0 atom stereocenters. The van der Waals surface area contributed by atoms with Gasteiger partial charge >= 0.3 is 0 Å². The molecule has 0 aliphatic heterocycles. The quantitative estimate of drug-likeness (QED) is 0.669. The molecule has 1 amide bonds. The zero-order valence-corrected chi connectivity index (χ0v) is 15.9. The molecule has 1 aromatic carbocycles. The number of rotatable bonds is 6. The Morgan fingerprint density at radius 3 is 2.62 bits per heavy atom. The second kappa shape index (κ2) is 8.22. The molecular formula is C21H21N5O3. The standard InChI is InChI=1S/C21H21N5O3/c27-19-10-9-18(24-26(19)14-15-5-2-1-3-6-15)21(29)22-11-12-25-20(28)13-16-7-4-8-17(16)23-25/h1-3,5-6,9-10,13H,4,7-8,11-12,14H2,(H,22,29). The van der Waals surface area contributed by atoms with E-state index >= 15 is 0 Å². The predicted molar refractivity (Wildman–Crippen MR) is 107 cm³/mol. The van der Waals surface area contributed by atoms with Gasteiger partial charge in [-0.25, -0.2) is 9.36 Å². The van der Waals surface area contributed by atoms with Crippen molar-refractivity contribution in [2.75, 3.05) is 6.54 Å². The van der Waals surface area contributed by atoms with Crippen LogP contribution in [0.15, 0.2) is 58.1 Å². The lowest BCUT2D eigenvalue weighted by Gasteiger charge is -2.09. The lowest BCUT2D eigenvalue weighted by Crippen LogP contribution is -2.34. The number of aromatic nitrogens is 4. The van der Waals surface area contributed by atoms with E-state index in [9.17, 15) is 14.4 Å². The first-order valence-corrected chi connectivity index (χ1v) is 9.60. The Bertz CT molecular complexity index is 1150. The predicted octanol–water partition coefficient (Wildman–Crippen LogP) is 0.767. The van der Waals surface area contributed by atoms with Crippen LogP contribution in [0.25, 0.3) is 0 Å². The van der Waals surface area contributed by atoms with E-state index in [-0.39, 0.29) is 36.4 Å². The highest BCUT2D eigenvalue weighted by Gasteiger charge is 2.15. The summed E-state index contributed by atoms with van der Waals surface area (Å²) in [5.74, 6) is -0.402. The number of aryl methyl sites for hydroxylation is 2. The topological polar surface area (TPSA) is 98.9 Å². The summed E-state index contributed by atoms with van der Waals surface area (Å²) in [6.45, 7) is 0.806. The second-order valence-electron chi connectivity index (χ2n) is 6.99. The molecule has 2 heterocycles. The van der Waals surface area contributed by atoms with Gasteiger partial charge in [0, 0.05) is 18.7 Å². The number of nitrogens with one attached hydrogen (secondary N) is 1. The second-order valence-corrected chi connectivity index (χ2v) is 6.99. The van der Waals surface area contributed by atoms with Crippen LogP contribution in [0, 0.1) is 0 Å². The monoisotopic (exact) mass is 391 g/mol. The number of hydrogen-bond donors (Lipinski definition) is 1. The molecule has 0 unspecified atom stereocenters. The first-order valence-electron chi connectivity index (χ1n) is 9.60. The Labute approximate surface area is 166 Å². The van der Waals surface area contributed by atoms with Gasteiger partial charge in [0.05, 0.1) is 18.8 Å². The molecule has 0 fully saturated rings. The number of fused-ring (bicyclic) bond motifs is 1. The Kier molecular flexibility index (Phi) is 5.33. The molecule has 2 aromatic heterocycles. The number of carbonyl (C=O) groups is 1. The minimum atomic E-state index is -0.402. The van der Waals surface area contributed by atoms with E-state index in [1.54, 1.807) is 6.07 Å². The summed E-state index contributed by atoms with van der Waals surface area (Å²) in [5, 5.41) is 11.3. The van der Waals surface area contributed by atoms with Crippen molar-refractivity contribution >= 4 is 5.91 Å². The van der Waals surface area contributed by atoms with Crippen LogP contribution in [-0.4, -0.2) is 32.0 Å². The summed E-state index contributed by atoms with van der Waals surface area (Å²) in [7, 11) is 0. The number of carbonyl (C=O) groups excluding carboxylic acids is 1. The van der Waals surface area contributed by atoms with Crippen LogP contribution in [0.4, 0.5) is 0 Å². The Hall–Kier alpha value is -3.55. The van der Waals surface area contributed by atoms with Crippen molar-refractivity contribution in [1.29, 1.82) is 0 Å². The normalized spacial score (nSPS) is 12.6. The number of amides is 1. The van der Waals surface area contributed by atoms with Crippen molar-refractivity contribution in [3.63, 3.8) is 0 Å². The largest absolute Gasteiger partial charge is 0.349 e. The zero-order valence-electron chi connectivity index (χ0n) is 15.9. The fourth-order valence-electron chi connectivity index (χ4n) is 3.41. The van der Waals surface area contributed by atoms with Crippen LogP contribution in [-0.2, 0) is 25.9 Å². The Morgan fingerprint density at radius 1 is 0.966 bits per heavy atom. The van der Waals surface area contributed by atoms with Crippen LogP contribution in [0.2, 0.25) is 0 Å². The lowest BCUT2D eigenvalue weighted by molar-refractivity contribution is 0.0944. The molecule has 1 aliphatic carbocycles. The maximum atomic E-state index is 12.4. The van der Waals surface area contributed by atoms with Crippen LogP contribution in [0.5, 0.6) is 0 Å². The van der Waals surface area contributed by atoms with Crippen LogP contribution in [0.1, 0.15) is 33.7 Å². The third-order valence-corrected chi connectivity index (χ3v) is 4.91. The average molecular weight is 391 g/mol. The van der Waals surface area contributed by atoms with Gasteiger partial charge in [-0.1, -0.05) is 30.3 Å². The van der Waals surface area contributed by atoms with E-state index in [0.717, 1.165) is 36.1 Å². The molecule has 0 saturated heterocycles. The van der Waals surface area contributed by atoms with Gasteiger partial charge in [-0.05, 0) is 36.5 Å². The average Bonchev–Trinajstić information content (AvgIpc) is 3.17. The minimum Gasteiger partial charge on any atom is -0.349 e. The number of benzene rings is 1. The Balaban J connectivity index is 1.41. The summed E-state index contributed by atoms with van der Waals surface area (Å²) in [5.41, 5.74) is 2.62. The maximum Gasteiger partial charge on any atom is 0.271 e. The van der Waals surface area contributed by atoms with E-state index in [0.29, 0.717) is 0 Å². The van der Waals surface area contributed by atoms with Gasteiger partial charge in [-0.2, -0.15) is 10.2 Å². The number of hydrogen-bond acceptors (Lipinski definition) is 5. The smallest absolute Gasteiger partial charge is 0.271 e. The third kappa shape index (κ3) is 4.31.